The number of carboxylic acid groups (broad SMARTS) is 1. The number of nitrogens with zero attached hydrogens (tertiary/aromatic N) is 5. The van der Waals surface area contributed by atoms with Gasteiger partial charge in [0.05, 0.1) is 28.0 Å². The van der Waals surface area contributed by atoms with Crippen LogP contribution in [0.15, 0.2) is 42.9 Å². The molecule has 0 radical (unpaired) electrons. The number of rotatable bonds is 4. The smallest absolute Gasteiger partial charge is 0.417 e. The monoisotopic (exact) mass is 460 g/mol. The Morgan fingerprint density at radius 2 is 1.84 bits per heavy atom. The summed E-state index contributed by atoms with van der Waals surface area (Å²) >= 11 is 6.16. The van der Waals surface area contributed by atoms with E-state index >= 15 is 0 Å². The lowest BCUT2D eigenvalue weighted by Crippen LogP contribution is -2.06. The van der Waals surface area contributed by atoms with Gasteiger partial charge in [0.25, 0.3) is 0 Å². The zero-order valence-electron chi connectivity index (χ0n) is 16.1. The molecular formula is C20H12ClF3N6O2. The molecule has 4 aromatic rings. The van der Waals surface area contributed by atoms with Crippen molar-refractivity contribution in [2.45, 2.75) is 13.1 Å². The molecule has 0 saturated heterocycles. The van der Waals surface area contributed by atoms with Gasteiger partial charge in [0, 0.05) is 18.1 Å². The van der Waals surface area contributed by atoms with Crippen molar-refractivity contribution in [1.29, 1.82) is 0 Å². The number of hydrogen-bond donors (Lipinski definition) is 2. The van der Waals surface area contributed by atoms with Crippen LogP contribution in [0.1, 0.15) is 21.6 Å². The third-order valence-corrected chi connectivity index (χ3v) is 4.62. The van der Waals surface area contributed by atoms with Crippen LogP contribution in [-0.2, 0) is 6.18 Å². The van der Waals surface area contributed by atoms with E-state index in [1.807, 2.05) is 0 Å². The Kier molecular flexibility index (Phi) is 5.35. The van der Waals surface area contributed by atoms with Crippen LogP contribution in [0.25, 0.3) is 22.6 Å². The fraction of sp³-hybridized carbons (Fsp3) is 0.100. The maximum Gasteiger partial charge on any atom is 0.417 e. The highest BCUT2D eigenvalue weighted by molar-refractivity contribution is 6.33. The lowest BCUT2D eigenvalue weighted by Gasteiger charge is -2.11. The van der Waals surface area contributed by atoms with E-state index in [1.54, 1.807) is 13.0 Å². The number of aromatic nitrogens is 5. The molecule has 4 rings (SSSR count). The predicted octanol–water partition coefficient (Wildman–Crippen LogP) is 4.90. The van der Waals surface area contributed by atoms with Crippen molar-refractivity contribution in [3.63, 3.8) is 0 Å². The molecule has 0 spiro atoms. The number of halogens is 4. The van der Waals surface area contributed by atoms with Gasteiger partial charge in [0.1, 0.15) is 22.7 Å². The van der Waals surface area contributed by atoms with Gasteiger partial charge in [-0.1, -0.05) is 11.6 Å². The Hall–Kier alpha value is -3.86. The summed E-state index contributed by atoms with van der Waals surface area (Å²) in [5, 5.41) is 12.1. The Balaban J connectivity index is 1.71. The molecule has 0 aliphatic rings. The summed E-state index contributed by atoms with van der Waals surface area (Å²) in [4.78, 5) is 32.0. The topological polar surface area (TPSA) is 114 Å². The van der Waals surface area contributed by atoms with Crippen LogP contribution < -0.4 is 5.32 Å². The molecule has 0 unspecified atom stereocenters. The molecule has 2 N–H and O–H groups in total. The molecule has 32 heavy (non-hydrogen) atoms. The highest BCUT2D eigenvalue weighted by Gasteiger charge is 2.30. The summed E-state index contributed by atoms with van der Waals surface area (Å²) < 4.78 is 38.2. The molecular weight excluding hydrogens is 449 g/mol. The number of anilines is 2. The largest absolute Gasteiger partial charge is 0.478 e. The Labute approximate surface area is 183 Å². The first-order valence-corrected chi connectivity index (χ1v) is 9.33. The van der Waals surface area contributed by atoms with Crippen LogP contribution in [0.4, 0.5) is 24.7 Å². The summed E-state index contributed by atoms with van der Waals surface area (Å²) in [6.45, 7) is 1.71. The van der Waals surface area contributed by atoms with Gasteiger partial charge in [-0.15, -0.1) is 0 Å². The van der Waals surface area contributed by atoms with E-state index in [0.29, 0.717) is 16.9 Å². The van der Waals surface area contributed by atoms with Gasteiger partial charge in [-0.3, -0.25) is 4.98 Å². The van der Waals surface area contributed by atoms with Crippen molar-refractivity contribution in [1.82, 2.24) is 24.9 Å². The molecule has 0 aliphatic heterocycles. The third-order valence-electron chi connectivity index (χ3n) is 4.33. The minimum absolute atomic E-state index is 0.0722. The second-order valence-electron chi connectivity index (χ2n) is 6.65. The minimum atomic E-state index is -4.48. The molecule has 4 aromatic heterocycles. The van der Waals surface area contributed by atoms with Crippen molar-refractivity contribution in [2.24, 2.45) is 0 Å². The van der Waals surface area contributed by atoms with Gasteiger partial charge in [0.15, 0.2) is 5.65 Å². The number of fused-ring (bicyclic) bond motifs is 1. The molecule has 0 aliphatic carbocycles. The van der Waals surface area contributed by atoms with E-state index in [9.17, 15) is 18.0 Å². The predicted molar refractivity (Wildman–Crippen MR) is 110 cm³/mol. The molecule has 4 heterocycles. The normalized spacial score (nSPS) is 11.5. The van der Waals surface area contributed by atoms with Crippen LogP contribution in [0, 0.1) is 6.92 Å². The lowest BCUT2D eigenvalue weighted by atomic mass is 10.2. The van der Waals surface area contributed by atoms with Crippen LogP contribution >= 0.6 is 11.6 Å². The number of hydrogen-bond acceptors (Lipinski definition) is 7. The summed E-state index contributed by atoms with van der Waals surface area (Å²) in [7, 11) is 0. The number of alkyl halides is 3. The number of aryl methyl sites for hydroxylation is 1. The minimum Gasteiger partial charge on any atom is -0.478 e. The van der Waals surface area contributed by atoms with Gasteiger partial charge >= 0.3 is 12.1 Å². The van der Waals surface area contributed by atoms with Gasteiger partial charge in [-0.2, -0.15) is 13.2 Å². The van der Waals surface area contributed by atoms with Crippen molar-refractivity contribution in [3.05, 3.63) is 64.7 Å². The number of nitrogens with one attached hydrogen (secondary N) is 1. The summed E-state index contributed by atoms with van der Waals surface area (Å²) in [5.74, 6) is -0.981. The standard InChI is InChI=1S/C20H12ClF3N6O2/c1-9-4-13(29-15-3-2-11(7-25-15)20(22,23)24)17-18(28-9)30-14(8-27-17)16-12(21)5-10(6-26-16)19(31)32/h2-8H,1H3,(H,31,32)(H,25,28,29,30). The van der Waals surface area contributed by atoms with Crippen molar-refractivity contribution >= 4 is 40.2 Å². The highest BCUT2D eigenvalue weighted by Crippen LogP contribution is 2.31. The summed E-state index contributed by atoms with van der Waals surface area (Å²) in [6.07, 6.45) is -1.20. The van der Waals surface area contributed by atoms with Crippen LogP contribution in [0.5, 0.6) is 0 Å². The van der Waals surface area contributed by atoms with E-state index in [1.165, 1.54) is 18.3 Å². The first-order valence-electron chi connectivity index (χ1n) is 8.95. The fourth-order valence-corrected chi connectivity index (χ4v) is 3.11. The number of carbonyl (C=O) groups is 1. The molecule has 0 atom stereocenters. The van der Waals surface area contributed by atoms with E-state index in [4.69, 9.17) is 16.7 Å². The first-order chi connectivity index (χ1) is 15.1. The summed E-state index contributed by atoms with van der Waals surface area (Å²) in [6, 6.07) is 5.04. The molecule has 12 heteroatoms. The zero-order valence-corrected chi connectivity index (χ0v) is 16.9. The SMILES string of the molecule is Cc1cc(Nc2ccc(C(F)(F)F)cn2)c2ncc(-c3ncc(C(=O)O)cc3Cl)nc2n1. The second-order valence-corrected chi connectivity index (χ2v) is 7.06. The van der Waals surface area contributed by atoms with Crippen molar-refractivity contribution in [2.75, 3.05) is 5.32 Å². The van der Waals surface area contributed by atoms with Crippen molar-refractivity contribution < 1.29 is 23.1 Å². The zero-order chi connectivity index (χ0) is 23.0. The molecule has 0 fully saturated rings. The van der Waals surface area contributed by atoms with Gasteiger partial charge in [-0.25, -0.2) is 24.7 Å². The Morgan fingerprint density at radius 3 is 2.47 bits per heavy atom. The molecule has 8 nitrogen and oxygen atoms in total. The molecule has 0 saturated carbocycles. The molecule has 0 aromatic carbocycles. The van der Waals surface area contributed by atoms with Gasteiger partial charge in [0.2, 0.25) is 0 Å². The summed E-state index contributed by atoms with van der Waals surface area (Å²) in [5.41, 5.74) is 1.16. The average Bonchev–Trinajstić information content (AvgIpc) is 2.72. The maximum absolute atomic E-state index is 12.7. The average molecular weight is 461 g/mol. The van der Waals surface area contributed by atoms with Crippen LogP contribution in [0.3, 0.4) is 0 Å². The third kappa shape index (κ3) is 4.28. The first kappa shape index (κ1) is 21.4. The number of carboxylic acids is 1. The number of aromatic carboxylic acids is 1. The fourth-order valence-electron chi connectivity index (χ4n) is 2.85. The molecule has 0 bridgehead atoms. The number of pyridine rings is 3. The Bertz CT molecular complexity index is 1350. The second kappa shape index (κ2) is 8.00. The lowest BCUT2D eigenvalue weighted by molar-refractivity contribution is -0.137. The van der Waals surface area contributed by atoms with E-state index < -0.39 is 17.7 Å². The van der Waals surface area contributed by atoms with Crippen molar-refractivity contribution in [3.8, 4) is 11.4 Å². The quantitative estimate of drug-likeness (QED) is 0.442. The van der Waals surface area contributed by atoms with E-state index in [2.05, 4.69) is 30.2 Å². The van der Waals surface area contributed by atoms with E-state index in [0.717, 1.165) is 18.5 Å². The van der Waals surface area contributed by atoms with Crippen LogP contribution in [0.2, 0.25) is 5.02 Å². The maximum atomic E-state index is 12.7. The van der Waals surface area contributed by atoms with Crippen LogP contribution in [-0.4, -0.2) is 36.0 Å². The van der Waals surface area contributed by atoms with E-state index in [-0.39, 0.29) is 33.4 Å². The Morgan fingerprint density at radius 1 is 1.06 bits per heavy atom. The molecule has 0 amide bonds. The molecule has 162 valence electrons. The van der Waals surface area contributed by atoms with Gasteiger partial charge < -0.3 is 10.4 Å². The van der Waals surface area contributed by atoms with Gasteiger partial charge in [-0.05, 0) is 31.2 Å². The highest BCUT2D eigenvalue weighted by atomic mass is 35.5.